The lowest BCUT2D eigenvalue weighted by Crippen LogP contribution is -2.02. The fourth-order valence-electron chi connectivity index (χ4n) is 2.04. The quantitative estimate of drug-likeness (QED) is 0.894. The first kappa shape index (κ1) is 13.2. The van der Waals surface area contributed by atoms with Gasteiger partial charge >= 0.3 is 0 Å². The molecule has 1 heterocycles. The van der Waals surface area contributed by atoms with E-state index in [-0.39, 0.29) is 6.42 Å². The first-order valence-corrected chi connectivity index (χ1v) is 6.47. The van der Waals surface area contributed by atoms with E-state index in [2.05, 4.69) is 0 Å². The van der Waals surface area contributed by atoms with Gasteiger partial charge in [-0.05, 0) is 43.2 Å². The number of aryl methyl sites for hydroxylation is 2. The Morgan fingerprint density at radius 3 is 2.22 bits per heavy atom. The van der Waals surface area contributed by atoms with E-state index in [0.717, 1.165) is 21.4 Å². The van der Waals surface area contributed by atoms with Crippen LogP contribution in [0, 0.1) is 25.5 Å². The minimum absolute atomic E-state index is 0.214. The Balaban J connectivity index is 2.20. The van der Waals surface area contributed by atoms with Gasteiger partial charge in [0, 0.05) is 22.2 Å². The molecule has 1 N–H and O–H groups in total. The molecule has 18 heavy (non-hydrogen) atoms. The maximum absolute atomic E-state index is 13.0. The lowest BCUT2D eigenvalue weighted by Gasteiger charge is -2.10. The molecule has 2 rings (SSSR count). The normalized spacial score (nSPS) is 12.7. The molecule has 1 atom stereocenters. The summed E-state index contributed by atoms with van der Waals surface area (Å²) in [5.41, 5.74) is 1.30. The molecule has 0 radical (unpaired) electrons. The summed E-state index contributed by atoms with van der Waals surface area (Å²) in [5, 5.41) is 10.1. The average Bonchev–Trinajstić information content (AvgIpc) is 2.56. The molecule has 0 bridgehead atoms. The van der Waals surface area contributed by atoms with Crippen molar-refractivity contribution < 1.29 is 13.9 Å². The maximum Gasteiger partial charge on any atom is 0.126 e. The third kappa shape index (κ3) is 2.94. The van der Waals surface area contributed by atoms with Crippen molar-refractivity contribution in [3.8, 4) is 0 Å². The summed E-state index contributed by atoms with van der Waals surface area (Å²) in [5.74, 6) is -1.23. The second-order valence-corrected chi connectivity index (χ2v) is 5.83. The highest BCUT2D eigenvalue weighted by atomic mass is 32.1. The number of rotatable bonds is 3. The predicted molar refractivity (Wildman–Crippen MR) is 68.8 cm³/mol. The lowest BCUT2D eigenvalue weighted by molar-refractivity contribution is 0.178. The SMILES string of the molecule is Cc1cc(C(O)Cc2cc(F)cc(F)c2)c(C)s1. The Labute approximate surface area is 109 Å². The topological polar surface area (TPSA) is 20.2 Å². The summed E-state index contributed by atoms with van der Waals surface area (Å²) < 4.78 is 26.1. The van der Waals surface area contributed by atoms with E-state index in [1.54, 1.807) is 11.3 Å². The molecule has 0 aliphatic carbocycles. The van der Waals surface area contributed by atoms with Crippen LogP contribution in [0.5, 0.6) is 0 Å². The van der Waals surface area contributed by atoms with Crippen molar-refractivity contribution in [2.75, 3.05) is 0 Å². The molecule has 0 saturated carbocycles. The van der Waals surface area contributed by atoms with Crippen molar-refractivity contribution in [2.45, 2.75) is 26.4 Å². The van der Waals surface area contributed by atoms with E-state index in [0.29, 0.717) is 5.56 Å². The van der Waals surface area contributed by atoms with Gasteiger partial charge in [-0.3, -0.25) is 0 Å². The molecule has 0 saturated heterocycles. The molecule has 1 aromatic carbocycles. The molecule has 0 aliphatic rings. The number of aliphatic hydroxyl groups is 1. The van der Waals surface area contributed by atoms with Gasteiger partial charge in [0.1, 0.15) is 11.6 Å². The first-order valence-electron chi connectivity index (χ1n) is 5.65. The number of hydrogen-bond donors (Lipinski definition) is 1. The van der Waals surface area contributed by atoms with Gasteiger partial charge in [-0.15, -0.1) is 11.3 Å². The minimum atomic E-state index is -0.726. The molecule has 4 heteroatoms. The van der Waals surface area contributed by atoms with Gasteiger partial charge in [-0.25, -0.2) is 8.78 Å². The van der Waals surface area contributed by atoms with Crippen LogP contribution in [0.15, 0.2) is 24.3 Å². The predicted octanol–water partition coefficient (Wildman–Crippen LogP) is 3.92. The van der Waals surface area contributed by atoms with Gasteiger partial charge in [0.05, 0.1) is 6.10 Å². The van der Waals surface area contributed by atoms with E-state index in [1.807, 2.05) is 19.9 Å². The van der Waals surface area contributed by atoms with Gasteiger partial charge in [-0.2, -0.15) is 0 Å². The van der Waals surface area contributed by atoms with Crippen LogP contribution in [0.3, 0.4) is 0 Å². The standard InChI is InChI=1S/C14H14F2OS/c1-8-3-13(9(2)18-8)14(17)6-10-4-11(15)7-12(16)5-10/h3-5,7,14,17H,6H2,1-2H3. The molecule has 1 aromatic heterocycles. The summed E-state index contributed by atoms with van der Waals surface area (Å²) in [7, 11) is 0. The summed E-state index contributed by atoms with van der Waals surface area (Å²) in [6.45, 7) is 3.90. The van der Waals surface area contributed by atoms with E-state index in [1.165, 1.54) is 12.1 Å². The number of hydrogen-bond acceptors (Lipinski definition) is 2. The van der Waals surface area contributed by atoms with Crippen LogP contribution in [0.2, 0.25) is 0 Å². The van der Waals surface area contributed by atoms with Crippen LogP contribution in [0.1, 0.15) is 27.0 Å². The summed E-state index contributed by atoms with van der Waals surface area (Å²) >= 11 is 1.61. The molecule has 0 spiro atoms. The monoisotopic (exact) mass is 268 g/mol. The van der Waals surface area contributed by atoms with Crippen molar-refractivity contribution in [1.29, 1.82) is 0 Å². The molecule has 96 valence electrons. The molecule has 0 fully saturated rings. The Morgan fingerprint density at radius 2 is 1.72 bits per heavy atom. The van der Waals surface area contributed by atoms with Gasteiger partial charge < -0.3 is 5.11 Å². The zero-order valence-electron chi connectivity index (χ0n) is 10.2. The average molecular weight is 268 g/mol. The van der Waals surface area contributed by atoms with Gasteiger partial charge in [0.15, 0.2) is 0 Å². The highest BCUT2D eigenvalue weighted by Crippen LogP contribution is 2.28. The fourth-order valence-corrected chi connectivity index (χ4v) is 3.02. The Kier molecular flexibility index (Phi) is 3.78. The van der Waals surface area contributed by atoms with Crippen LogP contribution < -0.4 is 0 Å². The summed E-state index contributed by atoms with van der Waals surface area (Å²) in [6.07, 6.45) is -0.512. The van der Waals surface area contributed by atoms with Crippen molar-refractivity contribution in [1.82, 2.24) is 0 Å². The molecule has 1 nitrogen and oxygen atoms in total. The largest absolute Gasteiger partial charge is 0.388 e. The van der Waals surface area contributed by atoms with Crippen LogP contribution in [0.25, 0.3) is 0 Å². The van der Waals surface area contributed by atoms with Gasteiger partial charge in [0.25, 0.3) is 0 Å². The molecule has 2 aromatic rings. The lowest BCUT2D eigenvalue weighted by atomic mass is 10.0. The second kappa shape index (κ2) is 5.16. The van der Waals surface area contributed by atoms with Crippen LogP contribution in [-0.4, -0.2) is 5.11 Å². The fraction of sp³-hybridized carbons (Fsp3) is 0.286. The molecule has 0 aliphatic heterocycles. The minimum Gasteiger partial charge on any atom is -0.388 e. The Hall–Kier alpha value is -1.26. The van der Waals surface area contributed by atoms with Gasteiger partial charge in [-0.1, -0.05) is 0 Å². The van der Waals surface area contributed by atoms with Gasteiger partial charge in [0.2, 0.25) is 0 Å². The summed E-state index contributed by atoms with van der Waals surface area (Å²) in [4.78, 5) is 2.16. The number of benzene rings is 1. The van der Waals surface area contributed by atoms with E-state index >= 15 is 0 Å². The van der Waals surface area contributed by atoms with Crippen molar-refractivity contribution >= 4 is 11.3 Å². The third-order valence-corrected chi connectivity index (χ3v) is 3.77. The van der Waals surface area contributed by atoms with Crippen molar-refractivity contribution in [2.24, 2.45) is 0 Å². The van der Waals surface area contributed by atoms with Crippen LogP contribution in [0.4, 0.5) is 8.78 Å². The number of thiophene rings is 1. The van der Waals surface area contributed by atoms with Crippen LogP contribution >= 0.6 is 11.3 Å². The highest BCUT2D eigenvalue weighted by molar-refractivity contribution is 7.12. The second-order valence-electron chi connectivity index (χ2n) is 4.37. The Bertz CT molecular complexity index is 543. The zero-order valence-corrected chi connectivity index (χ0v) is 11.0. The van der Waals surface area contributed by atoms with E-state index in [9.17, 15) is 13.9 Å². The highest BCUT2D eigenvalue weighted by Gasteiger charge is 2.14. The Morgan fingerprint density at radius 1 is 1.11 bits per heavy atom. The first-order chi connectivity index (χ1) is 8.45. The number of aliphatic hydroxyl groups excluding tert-OH is 1. The molecule has 1 unspecified atom stereocenters. The molecule has 0 amide bonds. The molecular weight excluding hydrogens is 254 g/mol. The summed E-state index contributed by atoms with van der Waals surface area (Å²) in [6, 6.07) is 5.25. The van der Waals surface area contributed by atoms with Crippen molar-refractivity contribution in [3.63, 3.8) is 0 Å². The van der Waals surface area contributed by atoms with E-state index in [4.69, 9.17) is 0 Å². The van der Waals surface area contributed by atoms with E-state index < -0.39 is 17.7 Å². The molecular formula is C14H14F2OS. The van der Waals surface area contributed by atoms with Crippen LogP contribution in [-0.2, 0) is 6.42 Å². The van der Waals surface area contributed by atoms with Crippen molar-refractivity contribution in [3.05, 3.63) is 56.8 Å². The smallest absolute Gasteiger partial charge is 0.126 e. The maximum atomic E-state index is 13.0. The zero-order chi connectivity index (χ0) is 13.3. The number of halogens is 2. The third-order valence-electron chi connectivity index (χ3n) is 2.79.